The van der Waals surface area contributed by atoms with E-state index in [0.717, 1.165) is 10.4 Å². The SMILES string of the molecule is CN1C(=O)CC(C(=O)NCCc2ccc(C(=O)O)cc2)C1c1cccs1. The average molecular weight is 372 g/mol. The Hall–Kier alpha value is -2.67. The van der Waals surface area contributed by atoms with Crippen LogP contribution in [0.5, 0.6) is 0 Å². The van der Waals surface area contributed by atoms with Gasteiger partial charge in [0, 0.05) is 24.9 Å². The highest BCUT2D eigenvalue weighted by atomic mass is 32.1. The number of amides is 2. The summed E-state index contributed by atoms with van der Waals surface area (Å²) in [7, 11) is 1.74. The number of carboxylic acid groups (broad SMARTS) is 1. The highest BCUT2D eigenvalue weighted by molar-refractivity contribution is 7.10. The third-order valence-corrected chi connectivity index (χ3v) is 5.61. The zero-order valence-electron chi connectivity index (χ0n) is 14.3. The van der Waals surface area contributed by atoms with Gasteiger partial charge in [-0.15, -0.1) is 11.3 Å². The molecule has 1 aromatic heterocycles. The predicted octanol–water partition coefficient (Wildman–Crippen LogP) is 2.32. The number of carbonyl (C=O) groups excluding carboxylic acids is 2. The lowest BCUT2D eigenvalue weighted by atomic mass is 9.98. The largest absolute Gasteiger partial charge is 0.478 e. The lowest BCUT2D eigenvalue weighted by Crippen LogP contribution is -2.35. The molecule has 6 nitrogen and oxygen atoms in total. The zero-order valence-corrected chi connectivity index (χ0v) is 15.2. The fourth-order valence-corrected chi connectivity index (χ4v) is 4.16. The summed E-state index contributed by atoms with van der Waals surface area (Å²) in [6.07, 6.45) is 0.823. The van der Waals surface area contributed by atoms with Gasteiger partial charge in [-0.1, -0.05) is 18.2 Å². The van der Waals surface area contributed by atoms with E-state index in [0.29, 0.717) is 13.0 Å². The maximum Gasteiger partial charge on any atom is 0.335 e. The summed E-state index contributed by atoms with van der Waals surface area (Å²) in [5, 5.41) is 13.8. The Morgan fingerprint density at radius 1 is 1.27 bits per heavy atom. The van der Waals surface area contributed by atoms with Crippen molar-refractivity contribution in [3.8, 4) is 0 Å². The number of thiophene rings is 1. The first-order chi connectivity index (χ1) is 12.5. The summed E-state index contributed by atoms with van der Waals surface area (Å²) in [4.78, 5) is 38.2. The Morgan fingerprint density at radius 2 is 2.00 bits per heavy atom. The fourth-order valence-electron chi connectivity index (χ4n) is 3.23. The van der Waals surface area contributed by atoms with Gasteiger partial charge in [0.2, 0.25) is 11.8 Å². The minimum absolute atomic E-state index is 0.0205. The van der Waals surface area contributed by atoms with Crippen molar-refractivity contribution in [2.75, 3.05) is 13.6 Å². The van der Waals surface area contributed by atoms with E-state index in [2.05, 4.69) is 5.32 Å². The fraction of sp³-hybridized carbons (Fsp3) is 0.316. The molecule has 2 amide bonds. The highest BCUT2D eigenvalue weighted by Crippen LogP contribution is 2.39. The summed E-state index contributed by atoms with van der Waals surface area (Å²) in [5.74, 6) is -1.49. The van der Waals surface area contributed by atoms with Crippen molar-refractivity contribution in [2.24, 2.45) is 5.92 Å². The molecule has 2 N–H and O–H groups in total. The summed E-state index contributed by atoms with van der Waals surface area (Å²) in [5.41, 5.74) is 1.19. The van der Waals surface area contributed by atoms with E-state index in [1.165, 1.54) is 0 Å². The first-order valence-electron chi connectivity index (χ1n) is 8.36. The number of likely N-dealkylation sites (tertiary alicyclic amines) is 1. The molecule has 0 radical (unpaired) electrons. The van der Waals surface area contributed by atoms with Crippen LogP contribution in [0.25, 0.3) is 0 Å². The van der Waals surface area contributed by atoms with E-state index in [1.54, 1.807) is 47.5 Å². The van der Waals surface area contributed by atoms with E-state index in [1.807, 2.05) is 17.5 Å². The number of carbonyl (C=O) groups is 3. The third kappa shape index (κ3) is 3.77. The number of hydrogen-bond donors (Lipinski definition) is 2. The van der Waals surface area contributed by atoms with Gasteiger partial charge < -0.3 is 15.3 Å². The zero-order chi connectivity index (χ0) is 18.7. The second-order valence-corrected chi connectivity index (χ2v) is 7.30. The number of carboxylic acids is 1. The molecule has 1 aliphatic heterocycles. The van der Waals surface area contributed by atoms with Crippen LogP contribution < -0.4 is 5.32 Å². The molecule has 7 heteroatoms. The molecule has 136 valence electrons. The van der Waals surface area contributed by atoms with Gasteiger partial charge in [-0.3, -0.25) is 9.59 Å². The topological polar surface area (TPSA) is 86.7 Å². The van der Waals surface area contributed by atoms with Crippen LogP contribution in [0.15, 0.2) is 41.8 Å². The Labute approximate surface area is 155 Å². The summed E-state index contributed by atoms with van der Waals surface area (Å²) in [6.45, 7) is 0.441. The number of aromatic carboxylic acids is 1. The van der Waals surface area contributed by atoms with E-state index >= 15 is 0 Å². The Morgan fingerprint density at radius 3 is 2.62 bits per heavy atom. The predicted molar refractivity (Wildman–Crippen MR) is 98.1 cm³/mol. The van der Waals surface area contributed by atoms with E-state index in [-0.39, 0.29) is 35.8 Å². The molecule has 1 aliphatic rings. The van der Waals surface area contributed by atoms with E-state index in [9.17, 15) is 14.4 Å². The first-order valence-corrected chi connectivity index (χ1v) is 9.24. The van der Waals surface area contributed by atoms with Crippen molar-refractivity contribution < 1.29 is 19.5 Å². The summed E-state index contributed by atoms with van der Waals surface area (Å²) < 4.78 is 0. The number of rotatable bonds is 6. The van der Waals surface area contributed by atoms with Crippen LogP contribution in [0, 0.1) is 5.92 Å². The van der Waals surface area contributed by atoms with Crippen molar-refractivity contribution in [3.63, 3.8) is 0 Å². The van der Waals surface area contributed by atoms with Crippen molar-refractivity contribution in [3.05, 3.63) is 57.8 Å². The molecule has 0 aliphatic carbocycles. The minimum atomic E-state index is -0.959. The number of nitrogens with zero attached hydrogens (tertiary/aromatic N) is 1. The first kappa shape index (κ1) is 18.1. The molecule has 2 unspecified atom stereocenters. The van der Waals surface area contributed by atoms with Gasteiger partial charge in [-0.2, -0.15) is 0 Å². The molecule has 2 aromatic rings. The molecule has 0 spiro atoms. The van der Waals surface area contributed by atoms with Gasteiger partial charge in [-0.05, 0) is 35.6 Å². The second kappa shape index (κ2) is 7.70. The van der Waals surface area contributed by atoms with Crippen molar-refractivity contribution in [1.29, 1.82) is 0 Å². The lowest BCUT2D eigenvalue weighted by molar-refractivity contribution is -0.128. The van der Waals surface area contributed by atoms with Crippen LogP contribution in [0.2, 0.25) is 0 Å². The third-order valence-electron chi connectivity index (χ3n) is 4.67. The van der Waals surface area contributed by atoms with Crippen molar-refractivity contribution in [2.45, 2.75) is 18.9 Å². The molecule has 2 atom stereocenters. The smallest absolute Gasteiger partial charge is 0.335 e. The van der Waals surface area contributed by atoms with Gasteiger partial charge in [0.25, 0.3) is 0 Å². The standard InChI is InChI=1S/C19H20N2O4S/c1-21-16(22)11-14(17(21)15-3-2-10-26-15)18(23)20-9-8-12-4-6-13(7-5-12)19(24)25/h2-7,10,14,17H,8-9,11H2,1H3,(H,20,23)(H,24,25). The molecule has 1 saturated heterocycles. The van der Waals surface area contributed by atoms with Crippen LogP contribution in [0.3, 0.4) is 0 Å². The Bertz CT molecular complexity index is 801. The van der Waals surface area contributed by atoms with E-state index < -0.39 is 5.97 Å². The summed E-state index contributed by atoms with van der Waals surface area (Å²) >= 11 is 1.55. The maximum atomic E-state index is 12.6. The van der Waals surface area contributed by atoms with Crippen LogP contribution in [0.4, 0.5) is 0 Å². The molecule has 1 aromatic carbocycles. The second-order valence-electron chi connectivity index (χ2n) is 6.32. The van der Waals surface area contributed by atoms with Crippen LogP contribution in [-0.4, -0.2) is 41.4 Å². The molecule has 2 heterocycles. The summed E-state index contributed by atoms with van der Waals surface area (Å²) in [6, 6.07) is 10.3. The number of benzene rings is 1. The van der Waals surface area contributed by atoms with Crippen molar-refractivity contribution in [1.82, 2.24) is 10.2 Å². The molecule has 0 saturated carbocycles. The Balaban J connectivity index is 1.58. The van der Waals surface area contributed by atoms with Gasteiger partial charge >= 0.3 is 5.97 Å². The van der Waals surface area contributed by atoms with Crippen molar-refractivity contribution >= 4 is 29.1 Å². The number of nitrogens with one attached hydrogen (secondary N) is 1. The molecule has 3 rings (SSSR count). The van der Waals surface area contributed by atoms with Crippen LogP contribution in [-0.2, 0) is 16.0 Å². The van der Waals surface area contributed by atoms with Crippen LogP contribution in [0.1, 0.15) is 33.3 Å². The normalized spacial score (nSPS) is 19.6. The molecule has 1 fully saturated rings. The Kier molecular flexibility index (Phi) is 5.37. The van der Waals surface area contributed by atoms with Gasteiger partial charge in [-0.25, -0.2) is 4.79 Å². The lowest BCUT2D eigenvalue weighted by Gasteiger charge is -2.23. The minimum Gasteiger partial charge on any atom is -0.478 e. The molecule has 26 heavy (non-hydrogen) atoms. The van der Waals surface area contributed by atoms with Gasteiger partial charge in [0.05, 0.1) is 17.5 Å². The van der Waals surface area contributed by atoms with Gasteiger partial charge in [0.15, 0.2) is 0 Å². The number of hydrogen-bond acceptors (Lipinski definition) is 4. The maximum absolute atomic E-state index is 12.6. The van der Waals surface area contributed by atoms with E-state index in [4.69, 9.17) is 5.11 Å². The molecule has 0 bridgehead atoms. The quantitative estimate of drug-likeness (QED) is 0.815. The molecular weight excluding hydrogens is 352 g/mol. The van der Waals surface area contributed by atoms with Crippen LogP contribution >= 0.6 is 11.3 Å². The highest BCUT2D eigenvalue weighted by Gasteiger charge is 2.42. The van der Waals surface area contributed by atoms with Gasteiger partial charge in [0.1, 0.15) is 0 Å². The molecular formula is C19H20N2O4S. The average Bonchev–Trinajstić information content (AvgIpc) is 3.24. The monoisotopic (exact) mass is 372 g/mol.